The standard InChI is InChI=1S/C20H24N8O/c1-27-20-16(13-23-27)18(21-6-3-7-28-8-10-29-11-9-28)24-19(25-20)14-4-2-5-17-15(14)12-22-26-17/h2,4-5,12-13H,3,6-11H2,1H3,(H,22,26)(H,21,24,25). The molecule has 1 saturated heterocycles. The highest BCUT2D eigenvalue weighted by Crippen LogP contribution is 2.28. The Labute approximate surface area is 168 Å². The number of aromatic amines is 1. The molecule has 1 fully saturated rings. The molecule has 0 amide bonds. The van der Waals surface area contributed by atoms with E-state index < -0.39 is 0 Å². The van der Waals surface area contributed by atoms with Crippen molar-refractivity contribution in [2.45, 2.75) is 6.42 Å². The first-order valence-corrected chi connectivity index (χ1v) is 9.96. The summed E-state index contributed by atoms with van der Waals surface area (Å²) < 4.78 is 7.20. The largest absolute Gasteiger partial charge is 0.379 e. The van der Waals surface area contributed by atoms with Crippen LogP contribution in [-0.2, 0) is 11.8 Å². The number of anilines is 1. The highest BCUT2D eigenvalue weighted by Gasteiger charge is 2.15. The van der Waals surface area contributed by atoms with Crippen molar-refractivity contribution in [2.75, 3.05) is 44.7 Å². The molecule has 1 aliphatic rings. The van der Waals surface area contributed by atoms with Gasteiger partial charge in [-0.2, -0.15) is 10.2 Å². The van der Waals surface area contributed by atoms with Gasteiger partial charge in [-0.3, -0.25) is 14.7 Å². The van der Waals surface area contributed by atoms with Gasteiger partial charge in [0.25, 0.3) is 0 Å². The summed E-state index contributed by atoms with van der Waals surface area (Å²) in [7, 11) is 1.90. The predicted molar refractivity (Wildman–Crippen MR) is 112 cm³/mol. The predicted octanol–water partition coefficient (Wildman–Crippen LogP) is 2.04. The van der Waals surface area contributed by atoms with Crippen molar-refractivity contribution in [2.24, 2.45) is 7.05 Å². The molecule has 0 bridgehead atoms. The van der Waals surface area contributed by atoms with Gasteiger partial charge in [0.05, 0.1) is 36.5 Å². The number of H-pyrrole nitrogens is 1. The number of nitrogens with zero attached hydrogens (tertiary/aromatic N) is 6. The van der Waals surface area contributed by atoms with Crippen LogP contribution in [0.3, 0.4) is 0 Å². The average Bonchev–Trinajstić information content (AvgIpc) is 3.38. The third kappa shape index (κ3) is 3.54. The molecule has 4 heterocycles. The first-order chi connectivity index (χ1) is 14.3. The minimum Gasteiger partial charge on any atom is -0.379 e. The second kappa shape index (κ2) is 7.76. The van der Waals surface area contributed by atoms with E-state index in [0.29, 0.717) is 5.82 Å². The summed E-state index contributed by atoms with van der Waals surface area (Å²) in [5.74, 6) is 1.49. The van der Waals surface area contributed by atoms with Crippen LogP contribution < -0.4 is 5.32 Å². The number of ether oxygens (including phenoxy) is 1. The number of fused-ring (bicyclic) bond motifs is 2. The van der Waals surface area contributed by atoms with Gasteiger partial charge in [-0.15, -0.1) is 0 Å². The lowest BCUT2D eigenvalue weighted by Gasteiger charge is -2.26. The van der Waals surface area contributed by atoms with Gasteiger partial charge in [0, 0.05) is 37.6 Å². The number of hydrogen-bond donors (Lipinski definition) is 2. The quantitative estimate of drug-likeness (QED) is 0.485. The molecule has 0 spiro atoms. The van der Waals surface area contributed by atoms with Gasteiger partial charge in [0.1, 0.15) is 5.82 Å². The Balaban J connectivity index is 1.41. The van der Waals surface area contributed by atoms with Crippen LogP contribution in [0.1, 0.15) is 6.42 Å². The lowest BCUT2D eigenvalue weighted by Crippen LogP contribution is -2.37. The number of aryl methyl sites for hydroxylation is 1. The minimum atomic E-state index is 0.670. The molecule has 9 nitrogen and oxygen atoms in total. The number of rotatable bonds is 6. The van der Waals surface area contributed by atoms with Crippen molar-refractivity contribution in [1.82, 2.24) is 34.8 Å². The Morgan fingerprint density at radius 3 is 2.93 bits per heavy atom. The van der Waals surface area contributed by atoms with Crippen LogP contribution in [-0.4, -0.2) is 74.2 Å². The van der Waals surface area contributed by atoms with Gasteiger partial charge >= 0.3 is 0 Å². The molecule has 5 rings (SSSR count). The van der Waals surface area contributed by atoms with Crippen molar-refractivity contribution in [3.63, 3.8) is 0 Å². The number of benzene rings is 1. The molecule has 4 aromatic rings. The monoisotopic (exact) mass is 392 g/mol. The summed E-state index contributed by atoms with van der Waals surface area (Å²) in [4.78, 5) is 12.1. The van der Waals surface area contributed by atoms with Crippen LogP contribution in [0.15, 0.2) is 30.6 Å². The summed E-state index contributed by atoms with van der Waals surface area (Å²) in [6.45, 7) is 5.59. The van der Waals surface area contributed by atoms with E-state index in [1.54, 1.807) is 4.68 Å². The Morgan fingerprint density at radius 2 is 2.03 bits per heavy atom. The van der Waals surface area contributed by atoms with Gasteiger partial charge in [-0.05, 0) is 19.0 Å². The molecule has 1 aromatic carbocycles. The zero-order chi connectivity index (χ0) is 19.6. The normalized spacial score (nSPS) is 15.3. The Morgan fingerprint density at radius 1 is 1.14 bits per heavy atom. The van der Waals surface area contributed by atoms with Crippen molar-refractivity contribution in [3.05, 3.63) is 30.6 Å². The van der Waals surface area contributed by atoms with Crippen LogP contribution in [0.2, 0.25) is 0 Å². The summed E-state index contributed by atoms with van der Waals surface area (Å²) in [5, 5.41) is 17.0. The number of nitrogens with one attached hydrogen (secondary N) is 2. The fourth-order valence-electron chi connectivity index (χ4n) is 3.77. The second-order valence-corrected chi connectivity index (χ2v) is 7.27. The van der Waals surface area contributed by atoms with Crippen LogP contribution in [0.5, 0.6) is 0 Å². The zero-order valence-electron chi connectivity index (χ0n) is 16.4. The molecular weight excluding hydrogens is 368 g/mol. The summed E-state index contributed by atoms with van der Waals surface area (Å²) >= 11 is 0. The van der Waals surface area contributed by atoms with Crippen LogP contribution in [0, 0.1) is 0 Å². The van der Waals surface area contributed by atoms with Crippen LogP contribution in [0.25, 0.3) is 33.3 Å². The average molecular weight is 392 g/mol. The molecule has 0 saturated carbocycles. The smallest absolute Gasteiger partial charge is 0.164 e. The van der Waals surface area contributed by atoms with E-state index in [9.17, 15) is 0 Å². The van der Waals surface area contributed by atoms with Crippen LogP contribution in [0.4, 0.5) is 5.82 Å². The minimum absolute atomic E-state index is 0.670. The van der Waals surface area contributed by atoms with E-state index in [1.165, 1.54) is 0 Å². The van der Waals surface area contributed by atoms with Crippen molar-refractivity contribution >= 4 is 27.8 Å². The van der Waals surface area contributed by atoms with Crippen LogP contribution >= 0.6 is 0 Å². The number of hydrogen-bond acceptors (Lipinski definition) is 7. The lowest BCUT2D eigenvalue weighted by atomic mass is 10.1. The SMILES string of the molecule is Cn1ncc2c(NCCCN3CCOCC3)nc(-c3cccc4[nH]ncc34)nc21. The molecule has 9 heteroatoms. The first-order valence-electron chi connectivity index (χ1n) is 9.96. The molecule has 1 aliphatic heterocycles. The van der Waals surface area contributed by atoms with Gasteiger partial charge in [0.2, 0.25) is 0 Å². The summed E-state index contributed by atoms with van der Waals surface area (Å²) in [6.07, 6.45) is 4.68. The van der Waals surface area contributed by atoms with E-state index >= 15 is 0 Å². The maximum Gasteiger partial charge on any atom is 0.164 e. The third-order valence-electron chi connectivity index (χ3n) is 5.37. The van der Waals surface area contributed by atoms with Crippen molar-refractivity contribution < 1.29 is 4.74 Å². The molecular formula is C20H24N8O. The fourth-order valence-corrected chi connectivity index (χ4v) is 3.77. The maximum atomic E-state index is 5.42. The van der Waals surface area contributed by atoms with Gasteiger partial charge in [-0.25, -0.2) is 9.97 Å². The van der Waals surface area contributed by atoms with E-state index in [0.717, 1.165) is 79.1 Å². The molecule has 0 radical (unpaired) electrons. The molecule has 0 unspecified atom stereocenters. The molecule has 0 aliphatic carbocycles. The molecule has 29 heavy (non-hydrogen) atoms. The highest BCUT2D eigenvalue weighted by atomic mass is 16.5. The summed E-state index contributed by atoms with van der Waals surface area (Å²) in [5.41, 5.74) is 2.73. The van der Waals surface area contributed by atoms with Gasteiger partial charge < -0.3 is 10.1 Å². The molecule has 150 valence electrons. The van der Waals surface area contributed by atoms with Crippen molar-refractivity contribution in [1.29, 1.82) is 0 Å². The topological polar surface area (TPSA) is 96.8 Å². The van der Waals surface area contributed by atoms with Crippen molar-refractivity contribution in [3.8, 4) is 11.4 Å². The first kappa shape index (κ1) is 18.0. The maximum absolute atomic E-state index is 5.42. The Hall–Kier alpha value is -3.04. The van der Waals surface area contributed by atoms with E-state index in [4.69, 9.17) is 14.7 Å². The lowest BCUT2D eigenvalue weighted by molar-refractivity contribution is 0.0378. The number of morpholine rings is 1. The molecule has 3 aromatic heterocycles. The van der Waals surface area contributed by atoms with Gasteiger partial charge in [-0.1, -0.05) is 12.1 Å². The highest BCUT2D eigenvalue weighted by molar-refractivity contribution is 5.95. The van der Waals surface area contributed by atoms with E-state index in [-0.39, 0.29) is 0 Å². The zero-order valence-corrected chi connectivity index (χ0v) is 16.4. The fraction of sp³-hybridized carbons (Fsp3) is 0.400. The van der Waals surface area contributed by atoms with Gasteiger partial charge in [0.15, 0.2) is 11.5 Å². The number of aromatic nitrogens is 6. The molecule has 2 N–H and O–H groups in total. The van der Waals surface area contributed by atoms with E-state index in [1.807, 2.05) is 37.6 Å². The summed E-state index contributed by atoms with van der Waals surface area (Å²) in [6, 6.07) is 6.01. The third-order valence-corrected chi connectivity index (χ3v) is 5.37. The Kier molecular flexibility index (Phi) is 4.82. The Bertz CT molecular complexity index is 1130. The second-order valence-electron chi connectivity index (χ2n) is 7.27. The molecule has 0 atom stereocenters. The van der Waals surface area contributed by atoms with E-state index in [2.05, 4.69) is 25.5 Å².